The van der Waals surface area contributed by atoms with Crippen molar-refractivity contribution in [2.24, 2.45) is 0 Å². The summed E-state index contributed by atoms with van der Waals surface area (Å²) in [6, 6.07) is 21.5. The molecule has 3 aromatic rings. The van der Waals surface area contributed by atoms with Gasteiger partial charge in [0.15, 0.2) is 9.84 Å². The van der Waals surface area contributed by atoms with Crippen molar-refractivity contribution < 1.29 is 23.4 Å². The second-order valence-corrected chi connectivity index (χ2v) is 9.35. The van der Waals surface area contributed by atoms with Gasteiger partial charge in [-0.15, -0.1) is 0 Å². The lowest BCUT2D eigenvalue weighted by atomic mass is 10.0. The predicted octanol–water partition coefficient (Wildman–Crippen LogP) is 3.32. The molecule has 0 aliphatic carbocycles. The highest BCUT2D eigenvalue weighted by atomic mass is 32.2. The second kappa shape index (κ2) is 9.87. The maximum Gasteiger partial charge on any atom is 0.337 e. The summed E-state index contributed by atoms with van der Waals surface area (Å²) in [7, 11) is -3.67. The topological polar surface area (TPSA) is 104 Å². The zero-order valence-corrected chi connectivity index (χ0v) is 18.0. The van der Waals surface area contributed by atoms with Crippen LogP contribution in [0.1, 0.15) is 27.6 Å². The molecule has 0 fully saturated rings. The van der Waals surface area contributed by atoms with E-state index in [0.717, 1.165) is 29.4 Å². The van der Waals surface area contributed by atoms with Gasteiger partial charge in [0.2, 0.25) is 0 Å². The van der Waals surface area contributed by atoms with E-state index in [2.05, 4.69) is 5.32 Å². The molecule has 3 aromatic carbocycles. The summed E-state index contributed by atoms with van der Waals surface area (Å²) in [5.74, 6) is -1.27. The van der Waals surface area contributed by atoms with E-state index in [4.69, 9.17) is 0 Å². The fraction of sp³-hybridized carbons (Fsp3) is 0.208. The first-order chi connectivity index (χ1) is 14.8. The van der Waals surface area contributed by atoms with E-state index in [1.807, 2.05) is 54.6 Å². The van der Waals surface area contributed by atoms with E-state index in [0.29, 0.717) is 18.7 Å². The first kappa shape index (κ1) is 22.7. The number of aromatic carboxylic acids is 1. The number of carbonyl (C=O) groups is 1. The minimum Gasteiger partial charge on any atom is -0.478 e. The van der Waals surface area contributed by atoms with Crippen LogP contribution >= 0.6 is 0 Å². The van der Waals surface area contributed by atoms with Gasteiger partial charge < -0.3 is 15.5 Å². The van der Waals surface area contributed by atoms with Crippen LogP contribution in [-0.2, 0) is 16.3 Å². The highest BCUT2D eigenvalue weighted by Crippen LogP contribution is 2.26. The molecule has 1 atom stereocenters. The number of hydrogen-bond acceptors (Lipinski definition) is 5. The summed E-state index contributed by atoms with van der Waals surface area (Å²) >= 11 is 0. The first-order valence-corrected chi connectivity index (χ1v) is 11.8. The summed E-state index contributed by atoms with van der Waals surface area (Å²) in [6.07, 6.45) is 1.22. The summed E-state index contributed by atoms with van der Waals surface area (Å²) in [5, 5.41) is 22.7. The molecule has 0 aliphatic rings. The zero-order chi connectivity index (χ0) is 22.4. The minimum atomic E-state index is -3.67. The molecule has 0 radical (unpaired) electrons. The Morgan fingerprint density at radius 3 is 2.23 bits per heavy atom. The number of benzene rings is 3. The fourth-order valence-electron chi connectivity index (χ4n) is 3.31. The molecule has 0 saturated heterocycles. The number of carboxylic acid groups (broad SMARTS) is 1. The lowest BCUT2D eigenvalue weighted by Crippen LogP contribution is -2.23. The van der Waals surface area contributed by atoms with Crippen LogP contribution in [0.3, 0.4) is 0 Å². The van der Waals surface area contributed by atoms with Crippen LogP contribution in [0.2, 0.25) is 0 Å². The quantitative estimate of drug-likeness (QED) is 0.442. The predicted molar refractivity (Wildman–Crippen MR) is 120 cm³/mol. The Morgan fingerprint density at radius 2 is 1.61 bits per heavy atom. The number of hydrogen-bond donors (Lipinski definition) is 3. The van der Waals surface area contributed by atoms with Gasteiger partial charge in [-0.2, -0.15) is 0 Å². The molecule has 31 heavy (non-hydrogen) atoms. The Bertz CT molecular complexity index is 1140. The summed E-state index contributed by atoms with van der Waals surface area (Å²) in [5.41, 5.74) is 3.18. The molecule has 6 nitrogen and oxygen atoms in total. The minimum absolute atomic E-state index is 0.192. The second-order valence-electron chi connectivity index (χ2n) is 7.37. The molecule has 7 heteroatoms. The van der Waals surface area contributed by atoms with Crippen LogP contribution < -0.4 is 5.32 Å². The van der Waals surface area contributed by atoms with Gasteiger partial charge >= 0.3 is 5.97 Å². The zero-order valence-electron chi connectivity index (χ0n) is 17.2. The molecular weight excluding hydrogens is 414 g/mol. The highest BCUT2D eigenvalue weighted by molar-refractivity contribution is 7.90. The van der Waals surface area contributed by atoms with Gasteiger partial charge in [-0.05, 0) is 47.4 Å². The number of rotatable bonds is 9. The number of aliphatic hydroxyl groups is 1. The van der Waals surface area contributed by atoms with Crippen molar-refractivity contribution in [3.63, 3.8) is 0 Å². The molecule has 0 bridgehead atoms. The van der Waals surface area contributed by atoms with Crippen molar-refractivity contribution in [3.8, 4) is 11.1 Å². The molecule has 0 saturated carbocycles. The highest BCUT2D eigenvalue weighted by Gasteiger charge is 2.19. The van der Waals surface area contributed by atoms with Crippen molar-refractivity contribution >= 4 is 15.8 Å². The monoisotopic (exact) mass is 439 g/mol. The Kier molecular flexibility index (Phi) is 7.22. The maximum absolute atomic E-state index is 12.0. The van der Waals surface area contributed by atoms with Gasteiger partial charge in [-0.1, -0.05) is 60.7 Å². The third-order valence-corrected chi connectivity index (χ3v) is 6.15. The van der Waals surface area contributed by atoms with Gasteiger partial charge in [-0.3, -0.25) is 0 Å². The summed E-state index contributed by atoms with van der Waals surface area (Å²) in [4.78, 5) is 11.1. The number of sulfone groups is 1. The SMILES string of the molecule is CS(=O)(=O)c1cc(-c2ccc(CCNCC(O)c3ccccc3)cc2)ccc1C(=O)O. The molecule has 3 rings (SSSR count). The first-order valence-electron chi connectivity index (χ1n) is 9.86. The number of aliphatic hydroxyl groups excluding tert-OH is 1. The Balaban J connectivity index is 1.62. The van der Waals surface area contributed by atoms with Crippen LogP contribution in [-0.4, -0.2) is 43.9 Å². The van der Waals surface area contributed by atoms with Crippen molar-refractivity contribution in [1.82, 2.24) is 5.32 Å². The molecule has 3 N–H and O–H groups in total. The number of nitrogens with one attached hydrogen (secondary N) is 1. The van der Waals surface area contributed by atoms with Crippen molar-refractivity contribution in [2.75, 3.05) is 19.3 Å². The third-order valence-electron chi connectivity index (χ3n) is 5.01. The lowest BCUT2D eigenvalue weighted by Gasteiger charge is -2.12. The molecular formula is C24H25NO5S. The van der Waals surface area contributed by atoms with E-state index in [9.17, 15) is 23.4 Å². The van der Waals surface area contributed by atoms with E-state index in [-0.39, 0.29) is 10.5 Å². The van der Waals surface area contributed by atoms with Crippen LogP contribution in [0.5, 0.6) is 0 Å². The van der Waals surface area contributed by atoms with Crippen molar-refractivity contribution in [2.45, 2.75) is 17.4 Å². The van der Waals surface area contributed by atoms with Crippen LogP contribution in [0.25, 0.3) is 11.1 Å². The standard InChI is InChI=1S/C24H25NO5S/c1-31(29,30)23-15-20(11-12-21(23)24(27)28)18-9-7-17(8-10-18)13-14-25-16-22(26)19-5-3-2-4-6-19/h2-12,15,22,25-26H,13-14,16H2,1H3,(H,27,28). The van der Waals surface area contributed by atoms with Crippen LogP contribution in [0.15, 0.2) is 77.7 Å². The summed E-state index contributed by atoms with van der Waals surface area (Å²) < 4.78 is 24.0. The largest absolute Gasteiger partial charge is 0.478 e. The van der Waals surface area contributed by atoms with Gasteiger partial charge in [0.25, 0.3) is 0 Å². The fourth-order valence-corrected chi connectivity index (χ4v) is 4.21. The van der Waals surface area contributed by atoms with Crippen LogP contribution in [0.4, 0.5) is 0 Å². The van der Waals surface area contributed by atoms with Gasteiger partial charge in [0, 0.05) is 12.8 Å². The van der Waals surface area contributed by atoms with Gasteiger partial charge in [-0.25, -0.2) is 13.2 Å². The molecule has 162 valence electrons. The van der Waals surface area contributed by atoms with Crippen molar-refractivity contribution in [1.29, 1.82) is 0 Å². The third kappa shape index (κ3) is 6.01. The normalized spacial score (nSPS) is 12.5. The molecule has 0 heterocycles. The van der Waals surface area contributed by atoms with E-state index >= 15 is 0 Å². The maximum atomic E-state index is 12.0. The van der Waals surface area contributed by atoms with E-state index in [1.165, 1.54) is 12.1 Å². The Morgan fingerprint density at radius 1 is 0.968 bits per heavy atom. The molecule has 0 aromatic heterocycles. The lowest BCUT2D eigenvalue weighted by molar-refractivity contribution is 0.0692. The number of carboxylic acids is 1. The van der Waals surface area contributed by atoms with E-state index in [1.54, 1.807) is 6.07 Å². The average Bonchev–Trinajstić information content (AvgIpc) is 2.76. The Hall–Kier alpha value is -3.00. The van der Waals surface area contributed by atoms with Gasteiger partial charge in [0.1, 0.15) is 0 Å². The Labute approximate surface area is 182 Å². The van der Waals surface area contributed by atoms with Crippen molar-refractivity contribution in [3.05, 3.63) is 89.5 Å². The summed E-state index contributed by atoms with van der Waals surface area (Å²) in [6.45, 7) is 1.17. The molecule has 0 aliphatic heterocycles. The van der Waals surface area contributed by atoms with Crippen LogP contribution in [0, 0.1) is 0 Å². The van der Waals surface area contributed by atoms with Gasteiger partial charge in [0.05, 0.1) is 16.6 Å². The van der Waals surface area contributed by atoms with E-state index < -0.39 is 21.9 Å². The molecule has 1 unspecified atom stereocenters. The molecule has 0 amide bonds. The molecule has 0 spiro atoms. The smallest absolute Gasteiger partial charge is 0.337 e. The average molecular weight is 440 g/mol.